The van der Waals surface area contributed by atoms with Gasteiger partial charge in [0.05, 0.1) is 26.4 Å². The smallest absolute Gasteiger partial charge is 0.414 e. The molecule has 0 bridgehead atoms. The molecule has 0 aromatic heterocycles. The number of nitrogens with one attached hydrogen (secondary N) is 1. The molecule has 5 atom stereocenters. The maximum atomic E-state index is 13.2. The number of aliphatic hydroxyl groups is 1. The van der Waals surface area contributed by atoms with Gasteiger partial charge in [-0.05, 0) is 34.4 Å². The van der Waals surface area contributed by atoms with Gasteiger partial charge in [0.1, 0.15) is 23.9 Å². The highest BCUT2D eigenvalue weighted by atomic mass is 16.7. The molecule has 0 radical (unpaired) electrons. The Kier molecular flexibility index (Phi) is 11.8. The first-order valence-corrected chi connectivity index (χ1v) is 16.4. The van der Waals surface area contributed by atoms with E-state index in [2.05, 4.69) is 5.32 Å². The molecule has 8 heteroatoms. The molecule has 2 N–H and O–H groups in total. The van der Waals surface area contributed by atoms with Crippen LogP contribution in [0.3, 0.4) is 0 Å². The summed E-state index contributed by atoms with van der Waals surface area (Å²) >= 11 is 0. The minimum absolute atomic E-state index is 0.0641. The third-order valence-electron chi connectivity index (χ3n) is 8.48. The van der Waals surface area contributed by atoms with Crippen LogP contribution in [0.15, 0.2) is 152 Å². The number of amides is 1. The Bertz CT molecular complexity index is 1690. The summed E-state index contributed by atoms with van der Waals surface area (Å²) in [6.45, 7) is 0.770. The number of para-hydroxylation sites is 1. The fraction of sp³-hybridized carbons (Fsp3) is 0.244. The number of rotatable bonds is 14. The van der Waals surface area contributed by atoms with Gasteiger partial charge in [-0.3, -0.25) is 5.32 Å². The van der Waals surface area contributed by atoms with E-state index in [4.69, 9.17) is 23.7 Å². The number of carbonyl (C=O) groups is 1. The van der Waals surface area contributed by atoms with E-state index in [1.807, 2.05) is 127 Å². The summed E-state index contributed by atoms with van der Waals surface area (Å²) in [5.41, 5.74) is 3.06. The van der Waals surface area contributed by atoms with Gasteiger partial charge in [0.15, 0.2) is 0 Å². The zero-order valence-electron chi connectivity index (χ0n) is 27.2. The Morgan fingerprint density at radius 1 is 0.653 bits per heavy atom. The molecule has 5 aromatic rings. The van der Waals surface area contributed by atoms with Crippen molar-refractivity contribution < 1.29 is 33.6 Å². The van der Waals surface area contributed by atoms with Crippen LogP contribution in [0.1, 0.15) is 22.3 Å². The van der Waals surface area contributed by atoms with Crippen molar-refractivity contribution in [1.29, 1.82) is 0 Å². The highest BCUT2D eigenvalue weighted by Crippen LogP contribution is 2.40. The number of benzene rings is 5. The molecule has 0 saturated carbocycles. The van der Waals surface area contributed by atoms with Crippen LogP contribution in [0.2, 0.25) is 0 Å². The lowest BCUT2D eigenvalue weighted by Gasteiger charge is -2.52. The number of carbonyl (C=O) groups excluding carboxylic acids is 1. The summed E-state index contributed by atoms with van der Waals surface area (Å²) in [5.74, 6) is 0. The van der Waals surface area contributed by atoms with E-state index in [1.165, 1.54) is 0 Å². The Morgan fingerprint density at radius 3 is 1.71 bits per heavy atom. The molecular formula is C41H41NO7. The molecule has 1 aliphatic rings. The van der Waals surface area contributed by atoms with Gasteiger partial charge in [-0.2, -0.15) is 0 Å². The van der Waals surface area contributed by atoms with Crippen molar-refractivity contribution in [1.82, 2.24) is 0 Å². The normalized spacial score (nSPS) is 21.9. The minimum atomic E-state index is -1.42. The summed E-state index contributed by atoms with van der Waals surface area (Å²) in [6.07, 6.45) is -5.11. The molecule has 1 heterocycles. The first-order chi connectivity index (χ1) is 24.1. The second kappa shape index (κ2) is 17.0. The zero-order valence-corrected chi connectivity index (χ0v) is 27.2. The van der Waals surface area contributed by atoms with Crippen LogP contribution in [0.25, 0.3) is 0 Å². The Morgan fingerprint density at radius 2 is 1.14 bits per heavy atom. The van der Waals surface area contributed by atoms with E-state index in [0.29, 0.717) is 18.7 Å². The summed E-state index contributed by atoms with van der Waals surface area (Å²) < 4.78 is 32.2. The molecule has 0 aliphatic carbocycles. The van der Waals surface area contributed by atoms with Gasteiger partial charge in [-0.1, -0.05) is 140 Å². The van der Waals surface area contributed by atoms with Crippen LogP contribution in [-0.2, 0) is 49.9 Å². The van der Waals surface area contributed by atoms with E-state index < -0.39 is 36.3 Å². The average molecular weight is 660 g/mol. The number of aliphatic hydroxyl groups excluding tert-OH is 1. The molecule has 1 saturated heterocycles. The molecule has 8 nitrogen and oxygen atoms in total. The Hall–Kier alpha value is -4.83. The Labute approximate surface area is 287 Å². The molecule has 0 spiro atoms. The fourth-order valence-corrected chi connectivity index (χ4v) is 6.03. The topological polar surface area (TPSA) is 95.5 Å². The first kappa shape index (κ1) is 34.0. The lowest BCUT2D eigenvalue weighted by atomic mass is 9.78. The van der Waals surface area contributed by atoms with Gasteiger partial charge >= 0.3 is 6.09 Å². The third-order valence-corrected chi connectivity index (χ3v) is 8.48. The standard InChI is InChI=1S/C41H41NO7/c43-37-38(46-28-33-20-10-3-11-21-33)41(26-31-16-6-1-7-17-31,47-29-34-22-12-4-13-23-34)36(30-45-27-32-18-8-2-9-19-32)48-39(37)49-40(44)42-35-24-14-5-15-25-35/h1-25,36-39,43H,26-30H2,(H,42,44)/t36-,37-,38-,39-,41+/m1/s1. The van der Waals surface area contributed by atoms with Gasteiger partial charge in [0, 0.05) is 12.1 Å². The summed E-state index contributed by atoms with van der Waals surface area (Å²) in [6, 6.07) is 48.2. The number of ether oxygens (including phenoxy) is 5. The Balaban J connectivity index is 1.36. The summed E-state index contributed by atoms with van der Waals surface area (Å²) in [7, 11) is 0. The van der Waals surface area contributed by atoms with Crippen LogP contribution in [0.4, 0.5) is 10.5 Å². The minimum Gasteiger partial charge on any atom is -0.416 e. The van der Waals surface area contributed by atoms with E-state index >= 15 is 0 Å². The van der Waals surface area contributed by atoms with Gasteiger partial charge in [-0.15, -0.1) is 0 Å². The molecule has 5 aromatic carbocycles. The number of hydrogen-bond acceptors (Lipinski definition) is 7. The summed E-state index contributed by atoms with van der Waals surface area (Å²) in [4.78, 5) is 13.2. The lowest BCUT2D eigenvalue weighted by Crippen LogP contribution is -2.70. The maximum absolute atomic E-state index is 13.2. The molecule has 1 aliphatic heterocycles. The molecule has 1 amide bonds. The van der Waals surface area contributed by atoms with E-state index in [-0.39, 0.29) is 19.8 Å². The predicted molar refractivity (Wildman–Crippen MR) is 186 cm³/mol. The van der Waals surface area contributed by atoms with E-state index in [9.17, 15) is 9.90 Å². The molecule has 49 heavy (non-hydrogen) atoms. The van der Waals surface area contributed by atoms with Gasteiger partial charge < -0.3 is 28.8 Å². The predicted octanol–water partition coefficient (Wildman–Crippen LogP) is 7.32. The van der Waals surface area contributed by atoms with Gasteiger partial charge in [0.25, 0.3) is 0 Å². The van der Waals surface area contributed by atoms with Crippen LogP contribution < -0.4 is 5.32 Å². The van der Waals surface area contributed by atoms with Crippen LogP contribution in [0.5, 0.6) is 0 Å². The second-order valence-corrected chi connectivity index (χ2v) is 12.0. The molecule has 6 rings (SSSR count). The van der Waals surface area contributed by atoms with Crippen molar-refractivity contribution in [3.05, 3.63) is 174 Å². The average Bonchev–Trinajstić information content (AvgIpc) is 3.14. The molecule has 1 fully saturated rings. The first-order valence-electron chi connectivity index (χ1n) is 16.4. The number of anilines is 1. The maximum Gasteiger partial charge on any atom is 0.414 e. The molecule has 252 valence electrons. The van der Waals surface area contributed by atoms with Crippen LogP contribution >= 0.6 is 0 Å². The van der Waals surface area contributed by atoms with Crippen molar-refractivity contribution in [3.8, 4) is 0 Å². The van der Waals surface area contributed by atoms with Crippen molar-refractivity contribution in [3.63, 3.8) is 0 Å². The SMILES string of the molecule is O=C(Nc1ccccc1)O[C@H]1O[C@H](COCc2ccccc2)[C@](Cc2ccccc2)(OCc2ccccc2)[C@H](OCc2ccccc2)[C@H]1O. The van der Waals surface area contributed by atoms with Crippen molar-refractivity contribution in [2.45, 2.75) is 56.4 Å². The van der Waals surface area contributed by atoms with E-state index in [0.717, 1.165) is 22.3 Å². The van der Waals surface area contributed by atoms with E-state index in [1.54, 1.807) is 24.3 Å². The van der Waals surface area contributed by atoms with Crippen LogP contribution in [-0.4, -0.2) is 48.0 Å². The highest BCUT2D eigenvalue weighted by molar-refractivity contribution is 5.84. The summed E-state index contributed by atoms with van der Waals surface area (Å²) in [5, 5.41) is 14.8. The largest absolute Gasteiger partial charge is 0.416 e. The van der Waals surface area contributed by atoms with Crippen LogP contribution in [0, 0.1) is 0 Å². The van der Waals surface area contributed by atoms with Crippen molar-refractivity contribution >= 4 is 11.8 Å². The third kappa shape index (κ3) is 9.20. The lowest BCUT2D eigenvalue weighted by molar-refractivity contribution is -0.341. The highest BCUT2D eigenvalue weighted by Gasteiger charge is 2.59. The van der Waals surface area contributed by atoms with Gasteiger partial charge in [0.2, 0.25) is 6.29 Å². The van der Waals surface area contributed by atoms with Crippen molar-refractivity contribution in [2.24, 2.45) is 0 Å². The van der Waals surface area contributed by atoms with Gasteiger partial charge in [-0.25, -0.2) is 4.79 Å². The molecule has 0 unspecified atom stereocenters. The van der Waals surface area contributed by atoms with Crippen molar-refractivity contribution in [2.75, 3.05) is 11.9 Å². The molecular weight excluding hydrogens is 618 g/mol. The fourth-order valence-electron chi connectivity index (χ4n) is 6.03. The number of hydrogen-bond donors (Lipinski definition) is 2. The quantitative estimate of drug-likeness (QED) is 0.129. The second-order valence-electron chi connectivity index (χ2n) is 12.0. The monoisotopic (exact) mass is 659 g/mol. The zero-order chi connectivity index (χ0) is 33.7.